The predicted molar refractivity (Wildman–Crippen MR) is 303 cm³/mol. The Kier molecular flexibility index (Phi) is 32.9. The molecule has 340 valence electrons. The van der Waals surface area contributed by atoms with E-state index in [2.05, 4.69) is 161 Å². The second-order valence-corrected chi connectivity index (χ2v) is 32.5. The Hall–Kier alpha value is -1.000. The van der Waals surface area contributed by atoms with Crippen LogP contribution in [-0.4, -0.2) is 64.0 Å². The molecule has 21 heteroatoms. The van der Waals surface area contributed by atoms with Crippen LogP contribution in [0.5, 0.6) is 11.5 Å². The van der Waals surface area contributed by atoms with Crippen molar-refractivity contribution in [3.05, 3.63) is 86.2 Å². The number of carboxylic acid groups (broad SMARTS) is 3. The van der Waals surface area contributed by atoms with Crippen LogP contribution in [0.1, 0.15) is 86.6 Å². The van der Waals surface area contributed by atoms with Gasteiger partial charge < -0.3 is 29.5 Å². The fourth-order valence-electron chi connectivity index (χ4n) is 3.83. The van der Waals surface area contributed by atoms with Crippen molar-refractivity contribution < 1.29 is 58.3 Å². The van der Waals surface area contributed by atoms with Crippen molar-refractivity contribution in [1.29, 1.82) is 0 Å². The number of methoxy groups -OCH3 is 1. The zero-order chi connectivity index (χ0) is 47.6. The Morgan fingerprint density at radius 2 is 1.23 bits per heavy atom. The molecule has 0 saturated heterocycles. The minimum Gasteiger partial charge on any atom is -0.481 e. The van der Waals surface area contributed by atoms with Crippen LogP contribution in [0.15, 0.2) is 69.6 Å². The third kappa shape index (κ3) is 26.8. The van der Waals surface area contributed by atoms with E-state index in [0.29, 0.717) is 22.1 Å². The first-order chi connectivity index (χ1) is 29.0. The molecule has 0 aliphatic heterocycles. The smallest absolute Gasteiger partial charge is 0.338 e. The Morgan fingerprint density at radius 3 is 1.55 bits per heavy atom. The van der Waals surface area contributed by atoms with Gasteiger partial charge in [0.15, 0.2) is 0 Å². The van der Waals surface area contributed by atoms with Gasteiger partial charge in [-0.15, -0.1) is 22.7 Å². The van der Waals surface area contributed by atoms with Crippen LogP contribution in [0.4, 0.5) is 0 Å². The fraction of sp³-hybridized carbons (Fsp3) is 0.317. The number of carbonyl (C=O) groups is 6. The van der Waals surface area contributed by atoms with Gasteiger partial charge in [-0.05, 0) is 110 Å². The molecule has 5 rings (SSSR count). The molecule has 3 heterocycles. The number of hydrogen-bond donors (Lipinski definition) is 3. The lowest BCUT2D eigenvalue weighted by molar-refractivity contribution is -0.139. The number of fused-ring (bicyclic) bond motifs is 2. The molecule has 2 aromatic carbocycles. The molecule has 12 nitrogen and oxygen atoms in total. The molecule has 0 unspecified atom stereocenters. The molecule has 0 aliphatic rings. The Labute approximate surface area is 454 Å². The average Bonchev–Trinajstić information content (AvgIpc) is 4.01. The molecule has 0 fully saturated rings. The molecule has 62 heavy (non-hydrogen) atoms. The van der Waals surface area contributed by atoms with Gasteiger partial charge in [0.25, 0.3) is 0 Å². The van der Waals surface area contributed by atoms with Gasteiger partial charge >= 0.3 is 35.8 Å². The number of alkyl halides is 6. The summed E-state index contributed by atoms with van der Waals surface area (Å²) < 4.78 is 18.9. The highest BCUT2D eigenvalue weighted by Crippen LogP contribution is 2.38. The molecule has 0 radical (unpaired) electrons. The monoisotopic (exact) mass is 1590 g/mol. The number of ether oxygens (including phenoxy) is 3. The number of esters is 3. The zero-order valence-corrected chi connectivity index (χ0v) is 49.4. The van der Waals surface area contributed by atoms with Crippen LogP contribution in [0.2, 0.25) is 0 Å². The lowest BCUT2D eigenvalue weighted by atomic mass is 10.1. The topological polar surface area (TPSA) is 191 Å². The molecule has 0 atom stereocenters. The van der Waals surface area contributed by atoms with E-state index in [-0.39, 0.29) is 11.1 Å². The normalized spacial score (nSPS) is 10.4. The van der Waals surface area contributed by atoms with Gasteiger partial charge in [0.1, 0.15) is 10.9 Å². The van der Waals surface area contributed by atoms with E-state index in [1.54, 1.807) is 35.0 Å². The summed E-state index contributed by atoms with van der Waals surface area (Å²) in [5, 5.41) is 34.9. The van der Waals surface area contributed by atoms with Crippen LogP contribution < -0.4 is 9.47 Å². The van der Waals surface area contributed by atoms with Gasteiger partial charge in [-0.2, -0.15) is 11.3 Å². The summed E-state index contributed by atoms with van der Waals surface area (Å²) >= 11 is 18.7. The lowest BCUT2D eigenvalue weighted by Crippen LogP contribution is -2.06. The van der Waals surface area contributed by atoms with Gasteiger partial charge in [0.05, 0.1) is 36.0 Å². The molecule has 0 bridgehead atoms. The van der Waals surface area contributed by atoms with Gasteiger partial charge in [-0.1, -0.05) is 156 Å². The van der Waals surface area contributed by atoms with E-state index in [1.165, 1.54) is 96.9 Å². The SMILES string of the molecule is CC(=O)Oc1cc(C(=O)O)cc2ccsc12.CCC(I)(I)I.CCC(I)I.CCCI.COC(=O)c1cc(OC(C)=O)c2sccc2c1.O=C(O)C/C(=C/c1ccsc1)C(=O)O. The molecular formula is C41H44I6O12S3. The van der Waals surface area contributed by atoms with Crippen molar-refractivity contribution >= 4 is 232 Å². The maximum Gasteiger partial charge on any atom is 0.338 e. The highest BCUT2D eigenvalue weighted by Gasteiger charge is 2.15. The molecule has 0 aliphatic carbocycles. The summed E-state index contributed by atoms with van der Waals surface area (Å²) in [5.41, 5.74) is 1.08. The van der Waals surface area contributed by atoms with E-state index in [0.717, 1.165) is 22.1 Å². The summed E-state index contributed by atoms with van der Waals surface area (Å²) in [6.07, 6.45) is 4.72. The highest BCUT2D eigenvalue weighted by molar-refractivity contribution is 14.3. The van der Waals surface area contributed by atoms with Crippen molar-refractivity contribution in [2.75, 3.05) is 11.5 Å². The van der Waals surface area contributed by atoms with Crippen LogP contribution in [0, 0.1) is 0 Å². The summed E-state index contributed by atoms with van der Waals surface area (Å²) in [7, 11) is 1.31. The molecular weight excluding hydrogens is 1540 g/mol. The molecule has 0 amide bonds. The molecule has 3 N–H and O–H groups in total. The number of aliphatic carboxylic acids is 2. The number of rotatable bonds is 11. The fourth-order valence-corrected chi connectivity index (χ4v) is 6.11. The van der Waals surface area contributed by atoms with Crippen molar-refractivity contribution in [1.82, 2.24) is 0 Å². The zero-order valence-electron chi connectivity index (χ0n) is 34.0. The Morgan fingerprint density at radius 1 is 0.774 bits per heavy atom. The summed E-state index contributed by atoms with van der Waals surface area (Å²) in [6, 6.07) is 11.5. The maximum absolute atomic E-state index is 11.5. The average molecular weight is 1590 g/mol. The van der Waals surface area contributed by atoms with Crippen molar-refractivity contribution in [3.63, 3.8) is 0 Å². The summed E-state index contributed by atoms with van der Waals surface area (Å²) in [4.78, 5) is 65.2. The van der Waals surface area contributed by atoms with E-state index < -0.39 is 42.2 Å². The van der Waals surface area contributed by atoms with E-state index in [1.807, 2.05) is 16.8 Å². The first kappa shape index (κ1) is 61.0. The van der Waals surface area contributed by atoms with Gasteiger partial charge in [0, 0.05) is 19.4 Å². The van der Waals surface area contributed by atoms with E-state index in [4.69, 9.17) is 24.8 Å². The van der Waals surface area contributed by atoms with Crippen molar-refractivity contribution in [3.8, 4) is 11.5 Å². The third-order valence-corrected chi connectivity index (χ3v) is 14.3. The minimum atomic E-state index is -1.20. The number of carboxylic acids is 3. The minimum absolute atomic E-state index is 0.113. The van der Waals surface area contributed by atoms with Crippen LogP contribution in [0.3, 0.4) is 0 Å². The first-order valence-electron chi connectivity index (χ1n) is 17.8. The van der Waals surface area contributed by atoms with Gasteiger partial charge in [-0.25, -0.2) is 14.4 Å². The van der Waals surface area contributed by atoms with Crippen LogP contribution in [-0.2, 0) is 23.9 Å². The van der Waals surface area contributed by atoms with Gasteiger partial charge in [0.2, 0.25) is 0 Å². The summed E-state index contributed by atoms with van der Waals surface area (Å²) in [6.45, 7) is 9.15. The van der Waals surface area contributed by atoms with Crippen LogP contribution >= 0.6 is 170 Å². The number of halogens is 6. The quantitative estimate of drug-likeness (QED) is 0.0373. The maximum atomic E-state index is 11.5. The molecule has 5 aromatic rings. The van der Waals surface area contributed by atoms with Crippen molar-refractivity contribution in [2.45, 2.75) is 61.7 Å². The molecule has 3 aromatic heterocycles. The van der Waals surface area contributed by atoms with E-state index in [9.17, 15) is 28.8 Å². The highest BCUT2D eigenvalue weighted by atomic mass is 127. The Bertz CT molecular complexity index is 2210. The molecule has 0 spiro atoms. The first-order valence-corrected chi connectivity index (χ1v) is 27.8. The third-order valence-electron chi connectivity index (χ3n) is 6.61. The van der Waals surface area contributed by atoms with E-state index >= 15 is 0 Å². The Balaban J connectivity index is 0.000000776. The lowest BCUT2D eigenvalue weighted by Gasteiger charge is -2.05. The molecule has 0 saturated carbocycles. The number of hydrogen-bond acceptors (Lipinski definition) is 12. The van der Waals surface area contributed by atoms with Crippen LogP contribution in [0.25, 0.3) is 26.2 Å². The number of benzene rings is 2. The standard InChI is InChI=1S/C12H10O4S.C11H8O4S.C9H8O4S.C3H5I3.C3H6I2.C3H7I/c1-7(13)16-10-6-9(12(14)15-2)5-8-3-4-17-11(8)10;1-6(12)15-9-5-8(11(13)14)4-7-2-3-16-10(7)9;10-8(11)4-7(9(12)13)3-6-1-2-14-5-6;1-2-3(4,5)6;1-2-3(4)5;1-2-3-4/h3-6H,1-2H3;2-5H,1H3,(H,13,14);1-3,5H,4H2,(H,10,11)(H,12,13);2H2,1H3;3H,2H2,1H3;2-3H2,1H3/b;;7-3-;;;. The predicted octanol–water partition coefficient (Wildman–Crippen LogP) is 14.6. The van der Waals surface area contributed by atoms with Crippen molar-refractivity contribution in [2.24, 2.45) is 0 Å². The van der Waals surface area contributed by atoms with Gasteiger partial charge in [-0.3, -0.25) is 14.4 Å². The number of carbonyl (C=O) groups excluding carboxylic acids is 3. The number of thiophene rings is 3. The summed E-state index contributed by atoms with van der Waals surface area (Å²) in [5.74, 6) is -4.01. The second-order valence-electron chi connectivity index (χ2n) is 11.7. The largest absolute Gasteiger partial charge is 0.481 e. The second kappa shape index (κ2) is 33.5. The number of aromatic carboxylic acids is 1.